The van der Waals surface area contributed by atoms with Gasteiger partial charge in [-0.1, -0.05) is 12.1 Å². The van der Waals surface area contributed by atoms with Crippen LogP contribution in [0.2, 0.25) is 0 Å². The second-order valence-corrected chi connectivity index (χ2v) is 7.74. The van der Waals surface area contributed by atoms with Gasteiger partial charge in [0.25, 0.3) is 5.91 Å². The molecule has 1 atom stereocenters. The maximum absolute atomic E-state index is 12.7. The summed E-state index contributed by atoms with van der Waals surface area (Å²) in [7, 11) is 0. The van der Waals surface area contributed by atoms with E-state index in [2.05, 4.69) is 16.5 Å². The van der Waals surface area contributed by atoms with Crippen molar-refractivity contribution in [3.63, 3.8) is 0 Å². The zero-order valence-corrected chi connectivity index (χ0v) is 17.0. The van der Waals surface area contributed by atoms with Gasteiger partial charge in [-0.25, -0.2) is 0 Å². The van der Waals surface area contributed by atoms with Crippen molar-refractivity contribution in [1.29, 1.82) is 0 Å². The lowest BCUT2D eigenvalue weighted by molar-refractivity contribution is -0.389. The lowest BCUT2D eigenvalue weighted by Crippen LogP contribution is -2.26. The van der Waals surface area contributed by atoms with Crippen LogP contribution in [0.1, 0.15) is 33.8 Å². The molecule has 1 amide bonds. The minimum atomic E-state index is -0.532. The quantitative estimate of drug-likeness (QED) is 0.358. The van der Waals surface area contributed by atoms with Gasteiger partial charge < -0.3 is 20.0 Å². The standard InChI is InChI=1S/C21H19N5O3S/c1-15(17-5-4-6-18(12-17)24-8-2-3-9-24)22-21(27)19-11-16(14-30-19)13-25-10-7-20(23-25)26(28)29/h2-12,14-15H,13H2,1H3,(H,22,27). The molecule has 152 valence electrons. The molecule has 3 aromatic heterocycles. The number of nitrogens with one attached hydrogen (secondary N) is 1. The number of rotatable bonds is 7. The van der Waals surface area contributed by atoms with Crippen LogP contribution in [0.3, 0.4) is 0 Å². The molecule has 30 heavy (non-hydrogen) atoms. The van der Waals surface area contributed by atoms with Crippen LogP contribution in [-0.2, 0) is 6.54 Å². The molecule has 0 radical (unpaired) electrons. The first kappa shape index (κ1) is 19.6. The van der Waals surface area contributed by atoms with Gasteiger partial charge in [0.15, 0.2) is 0 Å². The van der Waals surface area contributed by atoms with Crippen molar-refractivity contribution < 1.29 is 9.72 Å². The topological polar surface area (TPSA) is 95.0 Å². The number of thiophene rings is 1. The van der Waals surface area contributed by atoms with Gasteiger partial charge in [0.2, 0.25) is 0 Å². The first-order chi connectivity index (χ1) is 14.5. The summed E-state index contributed by atoms with van der Waals surface area (Å²) in [6.07, 6.45) is 5.50. The Morgan fingerprint density at radius 1 is 1.20 bits per heavy atom. The van der Waals surface area contributed by atoms with Gasteiger partial charge in [0, 0.05) is 18.1 Å². The van der Waals surface area contributed by atoms with Crippen molar-refractivity contribution in [1.82, 2.24) is 19.7 Å². The third-order valence-electron chi connectivity index (χ3n) is 4.66. The van der Waals surface area contributed by atoms with Crippen molar-refractivity contribution >= 4 is 23.1 Å². The fourth-order valence-corrected chi connectivity index (χ4v) is 3.92. The SMILES string of the molecule is CC(NC(=O)c1cc(Cn2ccc([N+](=O)[O-])n2)cs1)c1cccc(-n2cccc2)c1. The van der Waals surface area contributed by atoms with E-state index in [9.17, 15) is 14.9 Å². The summed E-state index contributed by atoms with van der Waals surface area (Å²) in [6.45, 7) is 2.32. The maximum Gasteiger partial charge on any atom is 0.389 e. The fraction of sp³-hybridized carbons (Fsp3) is 0.143. The summed E-state index contributed by atoms with van der Waals surface area (Å²) in [6, 6.07) is 14.9. The molecule has 4 rings (SSSR count). The molecule has 3 heterocycles. The summed E-state index contributed by atoms with van der Waals surface area (Å²) in [5, 5.41) is 19.5. The molecule has 1 N–H and O–H groups in total. The second-order valence-electron chi connectivity index (χ2n) is 6.83. The summed E-state index contributed by atoms with van der Waals surface area (Å²) in [4.78, 5) is 23.5. The number of nitrogens with zero attached hydrogens (tertiary/aromatic N) is 4. The predicted octanol–water partition coefficient (Wildman–Crippen LogP) is 4.18. The summed E-state index contributed by atoms with van der Waals surface area (Å²) in [5.74, 6) is -0.351. The van der Waals surface area contributed by atoms with Gasteiger partial charge in [0.1, 0.15) is 0 Å². The van der Waals surface area contributed by atoms with Crippen LogP contribution < -0.4 is 5.32 Å². The van der Waals surface area contributed by atoms with E-state index < -0.39 is 4.92 Å². The number of carbonyl (C=O) groups excluding carboxylic acids is 1. The molecule has 0 aliphatic heterocycles. The molecule has 1 unspecified atom stereocenters. The monoisotopic (exact) mass is 421 g/mol. The third kappa shape index (κ3) is 4.31. The third-order valence-corrected chi connectivity index (χ3v) is 5.63. The van der Waals surface area contributed by atoms with Gasteiger partial charge in [-0.15, -0.1) is 11.3 Å². The molecule has 1 aromatic carbocycles. The van der Waals surface area contributed by atoms with Crippen LogP contribution in [0.5, 0.6) is 0 Å². The summed E-state index contributed by atoms with van der Waals surface area (Å²) < 4.78 is 3.50. The van der Waals surface area contributed by atoms with Crippen LogP contribution in [0.25, 0.3) is 5.69 Å². The van der Waals surface area contributed by atoms with E-state index in [1.807, 2.05) is 59.6 Å². The number of nitro groups is 1. The molecule has 4 aromatic rings. The van der Waals surface area contributed by atoms with Crippen molar-refractivity contribution in [3.05, 3.63) is 98.6 Å². The lowest BCUT2D eigenvalue weighted by Gasteiger charge is -2.15. The molecule has 0 saturated heterocycles. The highest BCUT2D eigenvalue weighted by atomic mass is 32.1. The van der Waals surface area contributed by atoms with E-state index >= 15 is 0 Å². The largest absolute Gasteiger partial charge is 0.389 e. The number of hydrogen-bond donors (Lipinski definition) is 1. The van der Waals surface area contributed by atoms with E-state index in [4.69, 9.17) is 0 Å². The van der Waals surface area contributed by atoms with E-state index in [0.717, 1.165) is 16.8 Å². The average Bonchev–Trinajstić information content (AvgIpc) is 3.50. The van der Waals surface area contributed by atoms with Crippen molar-refractivity contribution in [2.45, 2.75) is 19.5 Å². The normalized spacial score (nSPS) is 11.9. The van der Waals surface area contributed by atoms with Gasteiger partial charge in [-0.3, -0.25) is 4.79 Å². The van der Waals surface area contributed by atoms with Crippen molar-refractivity contribution in [2.24, 2.45) is 0 Å². The van der Waals surface area contributed by atoms with E-state index in [1.165, 1.54) is 22.1 Å². The zero-order valence-electron chi connectivity index (χ0n) is 16.1. The Morgan fingerprint density at radius 2 is 2.00 bits per heavy atom. The van der Waals surface area contributed by atoms with Gasteiger partial charge >= 0.3 is 5.82 Å². The Balaban J connectivity index is 1.41. The Labute approximate surface area is 176 Å². The minimum absolute atomic E-state index is 0.156. The van der Waals surface area contributed by atoms with Crippen LogP contribution in [0.15, 0.2) is 72.5 Å². The molecule has 0 fully saturated rings. The predicted molar refractivity (Wildman–Crippen MR) is 114 cm³/mol. The van der Waals surface area contributed by atoms with Crippen LogP contribution >= 0.6 is 11.3 Å². The molecular weight excluding hydrogens is 402 g/mol. The highest BCUT2D eigenvalue weighted by molar-refractivity contribution is 7.12. The Bertz CT molecular complexity index is 1180. The molecule has 8 nitrogen and oxygen atoms in total. The summed E-state index contributed by atoms with van der Waals surface area (Å²) in [5.41, 5.74) is 2.91. The van der Waals surface area contributed by atoms with Gasteiger partial charge in [-0.2, -0.15) is 4.68 Å². The van der Waals surface area contributed by atoms with Gasteiger partial charge in [-0.05, 0) is 58.7 Å². The number of amides is 1. The van der Waals surface area contributed by atoms with E-state index in [-0.39, 0.29) is 17.8 Å². The molecule has 0 spiro atoms. The van der Waals surface area contributed by atoms with E-state index in [1.54, 1.807) is 12.3 Å². The number of aromatic nitrogens is 3. The minimum Gasteiger partial charge on any atom is -0.358 e. The second kappa shape index (κ2) is 8.34. The zero-order chi connectivity index (χ0) is 21.1. The number of carbonyl (C=O) groups is 1. The first-order valence-electron chi connectivity index (χ1n) is 9.29. The molecular formula is C21H19N5O3S. The highest BCUT2D eigenvalue weighted by Gasteiger charge is 2.16. The molecule has 0 aliphatic carbocycles. The number of benzene rings is 1. The first-order valence-corrected chi connectivity index (χ1v) is 10.2. The van der Waals surface area contributed by atoms with Crippen LogP contribution in [0, 0.1) is 10.1 Å². The maximum atomic E-state index is 12.7. The highest BCUT2D eigenvalue weighted by Crippen LogP contribution is 2.20. The number of hydrogen-bond acceptors (Lipinski definition) is 5. The molecule has 0 bridgehead atoms. The fourth-order valence-electron chi connectivity index (χ4n) is 3.11. The average molecular weight is 421 g/mol. The Kier molecular flexibility index (Phi) is 5.44. The Hall–Kier alpha value is -3.72. The van der Waals surface area contributed by atoms with Crippen LogP contribution in [0.4, 0.5) is 5.82 Å². The van der Waals surface area contributed by atoms with E-state index in [0.29, 0.717) is 11.4 Å². The Morgan fingerprint density at radius 3 is 2.73 bits per heavy atom. The molecule has 0 aliphatic rings. The van der Waals surface area contributed by atoms with Crippen LogP contribution in [-0.4, -0.2) is 25.2 Å². The molecule has 9 heteroatoms. The van der Waals surface area contributed by atoms with Crippen molar-refractivity contribution in [2.75, 3.05) is 0 Å². The smallest absolute Gasteiger partial charge is 0.358 e. The van der Waals surface area contributed by atoms with Gasteiger partial charge in [0.05, 0.1) is 34.8 Å². The lowest BCUT2D eigenvalue weighted by atomic mass is 10.1. The summed E-state index contributed by atoms with van der Waals surface area (Å²) >= 11 is 1.34. The molecule has 0 saturated carbocycles. The van der Waals surface area contributed by atoms with Crippen molar-refractivity contribution in [3.8, 4) is 5.69 Å².